The molecule has 0 aliphatic heterocycles. The molecule has 0 aliphatic rings. The van der Waals surface area contributed by atoms with Gasteiger partial charge in [0, 0.05) is 44.0 Å². The van der Waals surface area contributed by atoms with Crippen LogP contribution in [0.2, 0.25) is 0 Å². The smallest absolute Gasteiger partial charge is 0.136 e. The number of aromatic nitrogens is 1. The Morgan fingerprint density at radius 2 is 0.981 bits per heavy atom. The monoisotopic (exact) mass is 676 g/mol. The Bertz CT molecular complexity index is 3150. The Labute approximate surface area is 306 Å². The zero-order chi connectivity index (χ0) is 34.9. The highest BCUT2D eigenvalue weighted by Gasteiger charge is 2.20. The molecule has 2 aromatic heterocycles. The van der Waals surface area contributed by atoms with Crippen LogP contribution < -0.4 is 4.90 Å². The summed E-state index contributed by atoms with van der Waals surface area (Å²) >= 11 is 0. The van der Waals surface area contributed by atoms with E-state index in [2.05, 4.69) is 191 Å². The second-order valence-corrected chi connectivity index (χ2v) is 13.7. The van der Waals surface area contributed by atoms with E-state index < -0.39 is 0 Å². The number of anilines is 3. The standard InChI is InChI=1S/C50H32N2O/c1-2-19-38-34(14-1)31-47(41-21-4-3-20-40(38)41)51(35-16-11-15-33(30-35)39-25-13-29-49-50(39)44-24-7-10-28-48(44)53-49)36-17-12-18-37(32-36)52-45-26-8-5-22-42(45)43-23-6-9-27-46(43)52/h1-32H. The average molecular weight is 677 g/mol. The van der Waals surface area contributed by atoms with E-state index in [4.69, 9.17) is 4.42 Å². The van der Waals surface area contributed by atoms with Gasteiger partial charge in [0.2, 0.25) is 0 Å². The predicted molar refractivity (Wildman–Crippen MR) is 223 cm³/mol. The van der Waals surface area contributed by atoms with Gasteiger partial charge >= 0.3 is 0 Å². The number of benzene rings is 9. The molecule has 0 saturated heterocycles. The van der Waals surface area contributed by atoms with E-state index in [-0.39, 0.29) is 0 Å². The van der Waals surface area contributed by atoms with E-state index in [1.807, 2.05) is 12.1 Å². The maximum atomic E-state index is 6.32. The molecule has 9 aromatic carbocycles. The van der Waals surface area contributed by atoms with Crippen LogP contribution in [0.15, 0.2) is 199 Å². The fourth-order valence-electron chi connectivity index (χ4n) is 8.45. The van der Waals surface area contributed by atoms with Crippen LogP contribution in [-0.2, 0) is 0 Å². The van der Waals surface area contributed by atoms with Gasteiger partial charge in [0.05, 0.1) is 16.7 Å². The first-order valence-corrected chi connectivity index (χ1v) is 18.1. The molecule has 3 nitrogen and oxygen atoms in total. The molecule has 0 bridgehead atoms. The minimum atomic E-state index is 0.894. The third-order valence-electron chi connectivity index (χ3n) is 10.7. The number of para-hydroxylation sites is 3. The van der Waals surface area contributed by atoms with Crippen LogP contribution >= 0.6 is 0 Å². The van der Waals surface area contributed by atoms with Crippen molar-refractivity contribution in [1.82, 2.24) is 4.57 Å². The van der Waals surface area contributed by atoms with Gasteiger partial charge in [0.1, 0.15) is 11.2 Å². The molecule has 0 N–H and O–H groups in total. The number of furan rings is 1. The number of hydrogen-bond acceptors (Lipinski definition) is 2. The van der Waals surface area contributed by atoms with Gasteiger partial charge in [0.15, 0.2) is 0 Å². The molecule has 0 unspecified atom stereocenters. The van der Waals surface area contributed by atoms with E-state index in [9.17, 15) is 0 Å². The number of nitrogens with zero attached hydrogens (tertiary/aromatic N) is 2. The molecule has 2 heterocycles. The Kier molecular flexibility index (Phi) is 6.55. The summed E-state index contributed by atoms with van der Waals surface area (Å²) in [6.45, 7) is 0. The molecule has 0 atom stereocenters. The average Bonchev–Trinajstić information content (AvgIpc) is 3.77. The van der Waals surface area contributed by atoms with Crippen molar-refractivity contribution in [3.05, 3.63) is 194 Å². The molecule has 0 radical (unpaired) electrons. The van der Waals surface area contributed by atoms with Crippen LogP contribution in [0.1, 0.15) is 0 Å². The fraction of sp³-hybridized carbons (Fsp3) is 0. The zero-order valence-corrected chi connectivity index (χ0v) is 28.8. The van der Waals surface area contributed by atoms with Gasteiger partial charge in [-0.15, -0.1) is 0 Å². The van der Waals surface area contributed by atoms with E-state index in [1.54, 1.807) is 0 Å². The van der Waals surface area contributed by atoms with Crippen LogP contribution in [0.5, 0.6) is 0 Å². The number of rotatable bonds is 5. The second kappa shape index (κ2) is 11.7. The van der Waals surface area contributed by atoms with E-state index >= 15 is 0 Å². The van der Waals surface area contributed by atoms with Crippen molar-refractivity contribution in [2.24, 2.45) is 0 Å². The summed E-state index contributed by atoms with van der Waals surface area (Å²) in [4.78, 5) is 2.43. The molecule has 0 spiro atoms. The summed E-state index contributed by atoms with van der Waals surface area (Å²) in [5, 5.41) is 9.64. The van der Waals surface area contributed by atoms with Gasteiger partial charge in [-0.3, -0.25) is 0 Å². The maximum absolute atomic E-state index is 6.32. The third-order valence-corrected chi connectivity index (χ3v) is 10.7. The highest BCUT2D eigenvalue weighted by molar-refractivity contribution is 6.16. The number of fused-ring (bicyclic) bond motifs is 9. The largest absolute Gasteiger partial charge is 0.456 e. The topological polar surface area (TPSA) is 21.3 Å². The van der Waals surface area contributed by atoms with Gasteiger partial charge in [0.25, 0.3) is 0 Å². The zero-order valence-electron chi connectivity index (χ0n) is 28.8. The van der Waals surface area contributed by atoms with Crippen molar-refractivity contribution < 1.29 is 4.42 Å². The fourth-order valence-corrected chi connectivity index (χ4v) is 8.45. The van der Waals surface area contributed by atoms with E-state index in [0.717, 1.165) is 55.8 Å². The van der Waals surface area contributed by atoms with E-state index in [0.29, 0.717) is 0 Å². The summed E-state index contributed by atoms with van der Waals surface area (Å²) in [6.07, 6.45) is 0. The van der Waals surface area contributed by atoms with Gasteiger partial charge in [-0.1, -0.05) is 133 Å². The van der Waals surface area contributed by atoms with E-state index in [1.165, 1.54) is 43.4 Å². The Balaban J connectivity index is 1.18. The van der Waals surface area contributed by atoms with Crippen LogP contribution in [0.25, 0.3) is 82.1 Å². The molecule has 53 heavy (non-hydrogen) atoms. The highest BCUT2D eigenvalue weighted by Crippen LogP contribution is 2.45. The van der Waals surface area contributed by atoms with Crippen molar-refractivity contribution in [3.8, 4) is 16.8 Å². The molecular formula is C50H32N2O. The molecule has 11 aromatic rings. The first-order chi connectivity index (χ1) is 26.3. The lowest BCUT2D eigenvalue weighted by atomic mass is 9.97. The molecule has 11 rings (SSSR count). The van der Waals surface area contributed by atoms with Crippen molar-refractivity contribution in [1.29, 1.82) is 0 Å². The maximum Gasteiger partial charge on any atom is 0.136 e. The quantitative estimate of drug-likeness (QED) is 0.169. The lowest BCUT2D eigenvalue weighted by molar-refractivity contribution is 0.669. The lowest BCUT2D eigenvalue weighted by Gasteiger charge is -2.28. The van der Waals surface area contributed by atoms with Crippen molar-refractivity contribution in [2.45, 2.75) is 0 Å². The normalized spacial score (nSPS) is 11.8. The minimum absolute atomic E-state index is 0.894. The Morgan fingerprint density at radius 3 is 1.77 bits per heavy atom. The molecule has 0 fully saturated rings. The summed E-state index contributed by atoms with van der Waals surface area (Å²) < 4.78 is 8.71. The molecule has 0 saturated carbocycles. The Morgan fingerprint density at radius 1 is 0.396 bits per heavy atom. The Hall–Kier alpha value is -7.10. The highest BCUT2D eigenvalue weighted by atomic mass is 16.3. The van der Waals surface area contributed by atoms with Crippen molar-refractivity contribution in [2.75, 3.05) is 4.90 Å². The predicted octanol–water partition coefficient (Wildman–Crippen LogP) is 14.1. The first kappa shape index (κ1) is 29.6. The molecule has 248 valence electrons. The van der Waals surface area contributed by atoms with Crippen LogP contribution in [-0.4, -0.2) is 4.57 Å². The van der Waals surface area contributed by atoms with Crippen molar-refractivity contribution in [3.63, 3.8) is 0 Å². The molecule has 0 amide bonds. The summed E-state index contributed by atoms with van der Waals surface area (Å²) in [6, 6.07) is 69.9. The SMILES string of the molecule is c1cc(-c2cccc3oc4ccccc4c23)cc(N(c2cccc(-n3c4ccccc4c4ccccc43)c2)c2cc3ccccc3c3ccccc23)c1. The minimum Gasteiger partial charge on any atom is -0.456 e. The summed E-state index contributed by atoms with van der Waals surface area (Å²) in [7, 11) is 0. The van der Waals surface area contributed by atoms with Gasteiger partial charge in [-0.2, -0.15) is 0 Å². The summed E-state index contributed by atoms with van der Waals surface area (Å²) in [5.41, 5.74) is 10.9. The van der Waals surface area contributed by atoms with Gasteiger partial charge in [-0.25, -0.2) is 0 Å². The third kappa shape index (κ3) is 4.61. The van der Waals surface area contributed by atoms with Gasteiger partial charge in [-0.05, 0) is 87.9 Å². The molecule has 3 heteroatoms. The first-order valence-electron chi connectivity index (χ1n) is 18.1. The summed E-state index contributed by atoms with van der Waals surface area (Å²) in [5.74, 6) is 0. The van der Waals surface area contributed by atoms with Crippen LogP contribution in [0, 0.1) is 0 Å². The van der Waals surface area contributed by atoms with Crippen LogP contribution in [0.4, 0.5) is 17.1 Å². The second-order valence-electron chi connectivity index (χ2n) is 13.7. The number of hydrogen-bond donors (Lipinski definition) is 0. The lowest BCUT2D eigenvalue weighted by Crippen LogP contribution is -2.11. The van der Waals surface area contributed by atoms with Crippen LogP contribution in [0.3, 0.4) is 0 Å². The van der Waals surface area contributed by atoms with Gasteiger partial charge < -0.3 is 13.9 Å². The molecule has 0 aliphatic carbocycles. The van der Waals surface area contributed by atoms with Crippen molar-refractivity contribution >= 4 is 82.4 Å². The molecular weight excluding hydrogens is 645 g/mol.